The highest BCUT2D eigenvalue weighted by Gasteiger charge is 2.28. The monoisotopic (exact) mass is 510 g/mol. The maximum absolute atomic E-state index is 13.6. The van der Waals surface area contributed by atoms with Crippen molar-refractivity contribution in [2.24, 2.45) is 0 Å². The number of fused-ring (bicyclic) bond motifs is 1. The summed E-state index contributed by atoms with van der Waals surface area (Å²) < 4.78 is 47.1. The van der Waals surface area contributed by atoms with Crippen LogP contribution in [-0.2, 0) is 27.7 Å². The molecule has 1 N–H and O–H groups in total. The van der Waals surface area contributed by atoms with Crippen LogP contribution in [0.4, 0.5) is 10.1 Å². The Hall–Kier alpha value is -3.39. The molecule has 190 valence electrons. The molecule has 4 rings (SSSR count). The van der Waals surface area contributed by atoms with Crippen molar-refractivity contribution in [3.63, 3.8) is 0 Å². The molecule has 0 saturated carbocycles. The van der Waals surface area contributed by atoms with E-state index >= 15 is 0 Å². The first-order valence-electron chi connectivity index (χ1n) is 12.2. The molecule has 3 aromatic rings. The zero-order valence-electron chi connectivity index (χ0n) is 20.5. The molecule has 1 aliphatic carbocycles. The van der Waals surface area contributed by atoms with Crippen molar-refractivity contribution in [2.45, 2.75) is 50.5 Å². The molecule has 3 aromatic carbocycles. The topological polar surface area (TPSA) is 75.7 Å². The third-order valence-electron chi connectivity index (χ3n) is 6.37. The van der Waals surface area contributed by atoms with E-state index in [4.69, 9.17) is 4.74 Å². The number of aryl methyl sites for hydroxylation is 2. The number of carbonyl (C=O) groups excluding carboxylic acids is 1. The lowest BCUT2D eigenvalue weighted by atomic mass is 9.89. The molecule has 0 aromatic heterocycles. The summed E-state index contributed by atoms with van der Waals surface area (Å²) in [7, 11) is -4.11. The standard InChI is InChI=1S/C28H31FN2O4S/c1-3-35-26-14-16-27(17-15-26)36(33,34)31(25-12-10-24(29)11-13-25)19-28(32)30-20(2)22-9-8-21-6-4-5-7-23(21)18-22/h8-18,20H,3-7,19H2,1-2H3,(H,30,32)/t20-/m1/s1. The van der Waals surface area contributed by atoms with Crippen LogP contribution in [0.3, 0.4) is 0 Å². The van der Waals surface area contributed by atoms with E-state index in [9.17, 15) is 17.6 Å². The minimum atomic E-state index is -4.11. The summed E-state index contributed by atoms with van der Waals surface area (Å²) in [6.45, 7) is 3.73. The van der Waals surface area contributed by atoms with Gasteiger partial charge < -0.3 is 10.1 Å². The molecule has 1 atom stereocenters. The fourth-order valence-electron chi connectivity index (χ4n) is 4.45. The van der Waals surface area contributed by atoms with Gasteiger partial charge in [0.25, 0.3) is 10.0 Å². The first-order chi connectivity index (χ1) is 17.3. The second-order valence-electron chi connectivity index (χ2n) is 8.92. The summed E-state index contributed by atoms with van der Waals surface area (Å²) in [5.41, 5.74) is 3.84. The van der Waals surface area contributed by atoms with Gasteiger partial charge in [-0.1, -0.05) is 18.2 Å². The Balaban J connectivity index is 1.56. The van der Waals surface area contributed by atoms with E-state index < -0.39 is 28.3 Å². The van der Waals surface area contributed by atoms with Gasteiger partial charge in [0.05, 0.1) is 23.2 Å². The van der Waals surface area contributed by atoms with Crippen molar-refractivity contribution >= 4 is 21.6 Å². The molecule has 0 fully saturated rings. The number of ether oxygens (including phenoxy) is 1. The van der Waals surface area contributed by atoms with Crippen molar-refractivity contribution in [3.05, 3.63) is 89.2 Å². The molecule has 0 saturated heterocycles. The number of carbonyl (C=O) groups is 1. The third-order valence-corrected chi connectivity index (χ3v) is 8.16. The SMILES string of the molecule is CCOc1ccc(S(=O)(=O)N(CC(=O)N[C@H](C)c2ccc3c(c2)CCCC3)c2ccc(F)cc2)cc1. The van der Waals surface area contributed by atoms with Crippen molar-refractivity contribution in [2.75, 3.05) is 17.5 Å². The van der Waals surface area contributed by atoms with E-state index in [1.807, 2.05) is 19.9 Å². The Morgan fingerprint density at radius 1 is 1.00 bits per heavy atom. The highest BCUT2D eigenvalue weighted by molar-refractivity contribution is 7.92. The van der Waals surface area contributed by atoms with Crippen LogP contribution in [-0.4, -0.2) is 27.5 Å². The molecule has 0 heterocycles. The summed E-state index contributed by atoms with van der Waals surface area (Å²) >= 11 is 0. The van der Waals surface area contributed by atoms with Crippen molar-refractivity contribution in [1.82, 2.24) is 5.32 Å². The van der Waals surface area contributed by atoms with Crippen LogP contribution < -0.4 is 14.4 Å². The quantitative estimate of drug-likeness (QED) is 0.431. The van der Waals surface area contributed by atoms with Gasteiger partial charge >= 0.3 is 0 Å². The maximum atomic E-state index is 13.6. The molecule has 36 heavy (non-hydrogen) atoms. The van der Waals surface area contributed by atoms with Crippen LogP contribution in [0.1, 0.15) is 49.4 Å². The average molecular weight is 511 g/mol. The summed E-state index contributed by atoms with van der Waals surface area (Å²) in [6, 6.07) is 17.0. The Morgan fingerprint density at radius 3 is 2.33 bits per heavy atom. The number of hydrogen-bond acceptors (Lipinski definition) is 4. The largest absolute Gasteiger partial charge is 0.494 e. The maximum Gasteiger partial charge on any atom is 0.264 e. The van der Waals surface area contributed by atoms with Gasteiger partial charge in [-0.3, -0.25) is 9.10 Å². The molecule has 0 spiro atoms. The fraction of sp³-hybridized carbons (Fsp3) is 0.321. The minimum absolute atomic E-state index is 0.00538. The molecule has 0 unspecified atom stereocenters. The number of amides is 1. The normalized spacial score (nSPS) is 14.0. The van der Waals surface area contributed by atoms with Crippen molar-refractivity contribution in [3.8, 4) is 5.75 Å². The van der Waals surface area contributed by atoms with E-state index in [2.05, 4.69) is 17.4 Å². The van der Waals surface area contributed by atoms with Crippen LogP contribution in [0.15, 0.2) is 71.6 Å². The number of hydrogen-bond donors (Lipinski definition) is 1. The highest BCUT2D eigenvalue weighted by Crippen LogP contribution is 2.27. The second-order valence-corrected chi connectivity index (χ2v) is 10.8. The predicted molar refractivity (Wildman–Crippen MR) is 138 cm³/mol. The Morgan fingerprint density at radius 2 is 1.67 bits per heavy atom. The first kappa shape index (κ1) is 25.7. The number of nitrogens with one attached hydrogen (secondary N) is 1. The second kappa shape index (κ2) is 11.1. The minimum Gasteiger partial charge on any atom is -0.494 e. The fourth-order valence-corrected chi connectivity index (χ4v) is 5.87. The van der Waals surface area contributed by atoms with Crippen LogP contribution in [0.2, 0.25) is 0 Å². The number of anilines is 1. The van der Waals surface area contributed by atoms with Gasteiger partial charge in [-0.05, 0) is 105 Å². The van der Waals surface area contributed by atoms with E-state index in [1.165, 1.54) is 53.9 Å². The molecule has 0 bridgehead atoms. The van der Waals surface area contributed by atoms with Crippen LogP contribution in [0.5, 0.6) is 5.75 Å². The molecular formula is C28H31FN2O4S. The number of nitrogens with zero attached hydrogens (tertiary/aromatic N) is 1. The van der Waals surface area contributed by atoms with Crippen LogP contribution in [0, 0.1) is 5.82 Å². The first-order valence-corrected chi connectivity index (χ1v) is 13.6. The van der Waals surface area contributed by atoms with Crippen molar-refractivity contribution < 1.29 is 22.3 Å². The molecular weight excluding hydrogens is 479 g/mol. The van der Waals surface area contributed by atoms with Gasteiger partial charge in [0.15, 0.2) is 0 Å². The van der Waals surface area contributed by atoms with E-state index in [0.29, 0.717) is 12.4 Å². The lowest BCUT2D eigenvalue weighted by Gasteiger charge is -2.25. The third kappa shape index (κ3) is 5.87. The molecule has 1 aliphatic rings. The number of rotatable bonds is 9. The van der Waals surface area contributed by atoms with Gasteiger partial charge in [0.2, 0.25) is 5.91 Å². The van der Waals surface area contributed by atoms with Gasteiger partial charge in [-0.25, -0.2) is 12.8 Å². The summed E-state index contributed by atoms with van der Waals surface area (Å²) in [5, 5.41) is 2.92. The molecule has 6 nitrogen and oxygen atoms in total. The van der Waals surface area contributed by atoms with E-state index in [-0.39, 0.29) is 16.6 Å². The van der Waals surface area contributed by atoms with Crippen LogP contribution in [0.25, 0.3) is 0 Å². The Kier molecular flexibility index (Phi) is 7.94. The highest BCUT2D eigenvalue weighted by atomic mass is 32.2. The lowest BCUT2D eigenvalue weighted by Crippen LogP contribution is -2.41. The van der Waals surface area contributed by atoms with Gasteiger partial charge in [0, 0.05) is 0 Å². The molecule has 1 amide bonds. The number of sulfonamides is 1. The zero-order chi connectivity index (χ0) is 25.7. The predicted octanol–water partition coefficient (Wildman–Crippen LogP) is 5.18. The lowest BCUT2D eigenvalue weighted by molar-refractivity contribution is -0.120. The van der Waals surface area contributed by atoms with Crippen molar-refractivity contribution in [1.29, 1.82) is 0 Å². The zero-order valence-corrected chi connectivity index (χ0v) is 21.4. The smallest absolute Gasteiger partial charge is 0.264 e. The average Bonchev–Trinajstić information content (AvgIpc) is 2.88. The summed E-state index contributed by atoms with van der Waals surface area (Å²) in [4.78, 5) is 13.1. The summed E-state index contributed by atoms with van der Waals surface area (Å²) in [5.74, 6) is -0.414. The van der Waals surface area contributed by atoms with E-state index in [0.717, 1.165) is 29.1 Å². The number of halogens is 1. The number of benzene rings is 3. The molecule has 0 radical (unpaired) electrons. The Bertz CT molecular complexity index is 1310. The molecule has 8 heteroatoms. The van der Waals surface area contributed by atoms with Gasteiger partial charge in [0.1, 0.15) is 18.1 Å². The molecule has 0 aliphatic heterocycles. The van der Waals surface area contributed by atoms with E-state index in [1.54, 1.807) is 12.1 Å². The van der Waals surface area contributed by atoms with Gasteiger partial charge in [-0.15, -0.1) is 0 Å². The summed E-state index contributed by atoms with van der Waals surface area (Å²) in [6.07, 6.45) is 4.46. The van der Waals surface area contributed by atoms with Gasteiger partial charge in [-0.2, -0.15) is 0 Å². The van der Waals surface area contributed by atoms with Crippen LogP contribution >= 0.6 is 0 Å². The Labute approximate surface area is 212 Å².